The van der Waals surface area contributed by atoms with E-state index in [9.17, 15) is 8.42 Å². The zero-order valence-corrected chi connectivity index (χ0v) is 10.5. The van der Waals surface area contributed by atoms with Gasteiger partial charge in [-0.15, -0.1) is 0 Å². The van der Waals surface area contributed by atoms with E-state index in [1.165, 1.54) is 0 Å². The average Bonchev–Trinajstić information content (AvgIpc) is 2.61. The molecule has 0 bridgehead atoms. The van der Waals surface area contributed by atoms with Crippen molar-refractivity contribution < 1.29 is 8.42 Å². The summed E-state index contributed by atoms with van der Waals surface area (Å²) in [4.78, 5) is 2.21. The molecule has 0 spiro atoms. The predicted molar refractivity (Wildman–Crippen MR) is 62.6 cm³/mol. The van der Waals surface area contributed by atoms with Crippen molar-refractivity contribution >= 4 is 9.84 Å². The quantitative estimate of drug-likeness (QED) is 0.740. The van der Waals surface area contributed by atoms with Gasteiger partial charge in [0.05, 0.1) is 11.0 Å². The molecule has 1 aliphatic heterocycles. The van der Waals surface area contributed by atoms with Crippen LogP contribution in [0.3, 0.4) is 0 Å². The number of hydrogen-bond acceptors (Lipinski definition) is 4. The topological polar surface area (TPSA) is 63.4 Å². The molecule has 15 heavy (non-hydrogen) atoms. The van der Waals surface area contributed by atoms with Gasteiger partial charge >= 0.3 is 0 Å². The van der Waals surface area contributed by atoms with Gasteiger partial charge in [-0.3, -0.25) is 4.90 Å². The second-order valence-corrected chi connectivity index (χ2v) is 7.16. The highest BCUT2D eigenvalue weighted by atomic mass is 32.2. The molecular formula is C10H22N2O2S. The predicted octanol–water partition coefficient (Wildman–Crippen LogP) is 0.233. The second kappa shape index (κ2) is 5.27. The monoisotopic (exact) mass is 234 g/mol. The minimum atomic E-state index is -2.90. The van der Waals surface area contributed by atoms with Crippen LogP contribution in [0.2, 0.25) is 0 Å². The molecule has 4 nitrogen and oxygen atoms in total. The van der Waals surface area contributed by atoms with Crippen LogP contribution in [-0.2, 0) is 9.84 Å². The van der Waals surface area contributed by atoms with Crippen LogP contribution in [0.5, 0.6) is 0 Å². The summed E-state index contributed by atoms with van der Waals surface area (Å²) in [6.45, 7) is 5.75. The lowest BCUT2D eigenvalue weighted by Crippen LogP contribution is -2.39. The largest absolute Gasteiger partial charge is 0.329 e. The lowest BCUT2D eigenvalue weighted by atomic mass is 10.2. The Kier molecular flexibility index (Phi) is 4.55. The summed E-state index contributed by atoms with van der Waals surface area (Å²) in [6, 6.07) is 0.396. The molecular weight excluding hydrogens is 212 g/mol. The third-order valence-corrected chi connectivity index (χ3v) is 5.34. The van der Waals surface area contributed by atoms with Crippen LogP contribution in [0.15, 0.2) is 0 Å². The van der Waals surface area contributed by atoms with Gasteiger partial charge in [0.15, 0.2) is 9.84 Å². The summed E-state index contributed by atoms with van der Waals surface area (Å²) in [5.74, 6) is 0.265. The molecule has 0 amide bonds. The molecule has 0 aromatic carbocycles. The van der Waals surface area contributed by atoms with Gasteiger partial charge in [-0.2, -0.15) is 0 Å². The van der Waals surface area contributed by atoms with Crippen LogP contribution in [0.1, 0.15) is 26.7 Å². The van der Waals surface area contributed by atoms with E-state index in [1.807, 2.05) is 0 Å². The van der Waals surface area contributed by atoms with Crippen molar-refractivity contribution in [3.63, 3.8) is 0 Å². The molecule has 0 aliphatic carbocycles. The third kappa shape index (κ3) is 3.43. The molecule has 1 unspecified atom stereocenters. The van der Waals surface area contributed by atoms with Crippen LogP contribution in [-0.4, -0.2) is 50.0 Å². The van der Waals surface area contributed by atoms with Gasteiger partial charge in [-0.25, -0.2) is 8.42 Å². The Morgan fingerprint density at radius 3 is 2.67 bits per heavy atom. The highest BCUT2D eigenvalue weighted by molar-refractivity contribution is 7.92. The molecule has 1 rings (SSSR count). The van der Waals surface area contributed by atoms with Crippen LogP contribution in [0, 0.1) is 0 Å². The summed E-state index contributed by atoms with van der Waals surface area (Å²) >= 11 is 0. The van der Waals surface area contributed by atoms with Crippen LogP contribution in [0.4, 0.5) is 0 Å². The van der Waals surface area contributed by atoms with Gasteiger partial charge in [0.25, 0.3) is 0 Å². The van der Waals surface area contributed by atoms with Gasteiger partial charge in [0, 0.05) is 19.1 Å². The van der Waals surface area contributed by atoms with E-state index < -0.39 is 9.84 Å². The second-order valence-electron chi connectivity index (χ2n) is 4.48. The maximum Gasteiger partial charge on any atom is 0.153 e. The lowest BCUT2D eigenvalue weighted by molar-refractivity contribution is 0.273. The molecule has 0 radical (unpaired) electrons. The first-order valence-corrected chi connectivity index (χ1v) is 7.34. The molecule has 1 heterocycles. The first-order valence-electron chi connectivity index (χ1n) is 5.63. The zero-order chi connectivity index (χ0) is 11.5. The van der Waals surface area contributed by atoms with Crippen molar-refractivity contribution in [1.82, 2.24) is 4.90 Å². The van der Waals surface area contributed by atoms with Crippen molar-refractivity contribution in [2.75, 3.05) is 25.4 Å². The maximum absolute atomic E-state index is 11.6. The first kappa shape index (κ1) is 12.9. The number of likely N-dealkylation sites (tertiary alicyclic amines) is 1. The lowest BCUT2D eigenvalue weighted by Gasteiger charge is -2.23. The number of nitrogens with zero attached hydrogens (tertiary/aromatic N) is 1. The minimum Gasteiger partial charge on any atom is -0.329 e. The molecule has 1 fully saturated rings. The van der Waals surface area contributed by atoms with E-state index in [-0.39, 0.29) is 11.0 Å². The van der Waals surface area contributed by atoms with Crippen molar-refractivity contribution in [3.05, 3.63) is 0 Å². The Morgan fingerprint density at radius 1 is 1.47 bits per heavy atom. The number of nitrogens with two attached hydrogens (primary N) is 1. The summed E-state index contributed by atoms with van der Waals surface area (Å²) in [6.07, 6.45) is 2.25. The molecule has 90 valence electrons. The van der Waals surface area contributed by atoms with Crippen LogP contribution in [0.25, 0.3) is 0 Å². The SMILES string of the molecule is CC(C)S(=O)(=O)CCN1CCCC1CN. The summed E-state index contributed by atoms with van der Waals surface area (Å²) in [7, 11) is -2.90. The van der Waals surface area contributed by atoms with Gasteiger partial charge in [-0.05, 0) is 33.2 Å². The number of rotatable bonds is 5. The smallest absolute Gasteiger partial charge is 0.153 e. The van der Waals surface area contributed by atoms with E-state index in [0.717, 1.165) is 19.4 Å². The Hall–Kier alpha value is -0.130. The standard InChI is InChI=1S/C10H22N2O2S/c1-9(2)15(13,14)7-6-12-5-3-4-10(12)8-11/h9-10H,3-8,11H2,1-2H3. The molecule has 1 atom stereocenters. The summed E-state index contributed by atoms with van der Waals surface area (Å²) in [5.41, 5.74) is 5.63. The fourth-order valence-corrected chi connectivity index (χ4v) is 2.90. The van der Waals surface area contributed by atoms with Gasteiger partial charge in [-0.1, -0.05) is 0 Å². The van der Waals surface area contributed by atoms with Crippen molar-refractivity contribution in [1.29, 1.82) is 0 Å². The molecule has 2 N–H and O–H groups in total. The van der Waals surface area contributed by atoms with Crippen molar-refractivity contribution in [2.24, 2.45) is 5.73 Å². The van der Waals surface area contributed by atoms with E-state index in [0.29, 0.717) is 19.1 Å². The Bertz CT molecular complexity index is 288. The average molecular weight is 234 g/mol. The first-order chi connectivity index (χ1) is 6.97. The van der Waals surface area contributed by atoms with Crippen molar-refractivity contribution in [2.45, 2.75) is 38.0 Å². The maximum atomic E-state index is 11.6. The molecule has 5 heteroatoms. The number of hydrogen-bond donors (Lipinski definition) is 1. The molecule has 1 saturated heterocycles. The van der Waals surface area contributed by atoms with E-state index in [2.05, 4.69) is 4.90 Å². The summed E-state index contributed by atoms with van der Waals surface area (Å²) in [5, 5.41) is -0.267. The number of sulfone groups is 1. The van der Waals surface area contributed by atoms with E-state index in [1.54, 1.807) is 13.8 Å². The Morgan fingerprint density at radius 2 is 2.13 bits per heavy atom. The fraction of sp³-hybridized carbons (Fsp3) is 1.00. The zero-order valence-electron chi connectivity index (χ0n) is 9.65. The van der Waals surface area contributed by atoms with Gasteiger partial charge in [0.2, 0.25) is 0 Å². The highest BCUT2D eigenvalue weighted by Crippen LogP contribution is 2.16. The van der Waals surface area contributed by atoms with E-state index in [4.69, 9.17) is 5.73 Å². The summed E-state index contributed by atoms with van der Waals surface area (Å²) < 4.78 is 23.2. The molecule has 0 aromatic rings. The van der Waals surface area contributed by atoms with Crippen LogP contribution >= 0.6 is 0 Å². The van der Waals surface area contributed by atoms with Crippen molar-refractivity contribution in [3.8, 4) is 0 Å². The Balaban J connectivity index is 2.43. The molecule has 0 saturated carbocycles. The van der Waals surface area contributed by atoms with Gasteiger partial charge in [0.1, 0.15) is 0 Å². The van der Waals surface area contributed by atoms with Crippen LogP contribution < -0.4 is 5.73 Å². The Labute approximate surface area is 92.7 Å². The molecule has 0 aromatic heterocycles. The normalized spacial score (nSPS) is 23.9. The third-order valence-electron chi connectivity index (χ3n) is 3.15. The minimum absolute atomic E-state index is 0.265. The van der Waals surface area contributed by atoms with Gasteiger partial charge < -0.3 is 5.73 Å². The van der Waals surface area contributed by atoms with E-state index >= 15 is 0 Å². The molecule has 1 aliphatic rings. The highest BCUT2D eigenvalue weighted by Gasteiger charge is 2.25. The fourth-order valence-electron chi connectivity index (χ4n) is 1.94.